The summed E-state index contributed by atoms with van der Waals surface area (Å²) in [5, 5.41) is 0.606. The van der Waals surface area contributed by atoms with Gasteiger partial charge in [-0.15, -0.1) is 0 Å². The molecule has 0 saturated heterocycles. The minimum absolute atomic E-state index is 0.0281. The minimum atomic E-state index is 0.0281. The number of hydrogen-bond acceptors (Lipinski definition) is 4. The minimum Gasteiger partial charge on any atom is -0.492 e. The maximum Gasteiger partial charge on any atom is 0.137 e. The number of nitrogens with zero attached hydrogens (tertiary/aromatic N) is 1. The third-order valence-corrected chi connectivity index (χ3v) is 3.30. The molecule has 2 N–H and O–H groups in total. The lowest BCUT2D eigenvalue weighted by Gasteiger charge is -2.13. The van der Waals surface area contributed by atoms with E-state index in [0.29, 0.717) is 11.9 Å². The van der Waals surface area contributed by atoms with Crippen LogP contribution in [0.5, 0.6) is 5.75 Å². The summed E-state index contributed by atoms with van der Waals surface area (Å²) < 4.78 is 5.40. The van der Waals surface area contributed by atoms with E-state index in [0.717, 1.165) is 17.1 Å². The molecule has 0 aliphatic heterocycles. The monoisotopic (exact) mass is 240 g/mol. The van der Waals surface area contributed by atoms with Crippen LogP contribution in [0.2, 0.25) is 0 Å². The summed E-state index contributed by atoms with van der Waals surface area (Å²) >= 11 is 1.86. The van der Waals surface area contributed by atoms with Crippen molar-refractivity contribution in [3.05, 3.63) is 24.0 Å². The Hall–Kier alpha value is -0.740. The molecular formula is C12H20N2OS. The standard InChI is InChI=1S/C12H20N2OS/c1-4-15-11-5-10(6-14-7-11)12(13)8-16-9(2)3/h5-7,9,12H,4,8,13H2,1-3H3. The van der Waals surface area contributed by atoms with E-state index >= 15 is 0 Å². The Morgan fingerprint density at radius 1 is 1.44 bits per heavy atom. The number of ether oxygens (including phenoxy) is 1. The Morgan fingerprint density at radius 2 is 2.19 bits per heavy atom. The highest BCUT2D eigenvalue weighted by Gasteiger charge is 2.08. The van der Waals surface area contributed by atoms with E-state index in [1.807, 2.05) is 30.9 Å². The second-order valence-electron chi connectivity index (χ2n) is 3.88. The third-order valence-electron chi connectivity index (χ3n) is 2.08. The van der Waals surface area contributed by atoms with Crippen molar-refractivity contribution in [2.24, 2.45) is 5.73 Å². The van der Waals surface area contributed by atoms with Gasteiger partial charge in [-0.05, 0) is 23.8 Å². The van der Waals surface area contributed by atoms with E-state index < -0.39 is 0 Å². The van der Waals surface area contributed by atoms with Crippen LogP contribution in [0.4, 0.5) is 0 Å². The fourth-order valence-corrected chi connectivity index (χ4v) is 2.06. The number of hydrogen-bond donors (Lipinski definition) is 1. The van der Waals surface area contributed by atoms with Gasteiger partial charge in [0.25, 0.3) is 0 Å². The van der Waals surface area contributed by atoms with Gasteiger partial charge in [0.1, 0.15) is 5.75 Å². The van der Waals surface area contributed by atoms with Crippen LogP contribution in [0.15, 0.2) is 18.5 Å². The van der Waals surface area contributed by atoms with Crippen LogP contribution < -0.4 is 10.5 Å². The van der Waals surface area contributed by atoms with Crippen LogP contribution in [-0.2, 0) is 0 Å². The fourth-order valence-electron chi connectivity index (χ4n) is 1.28. The van der Waals surface area contributed by atoms with E-state index in [1.54, 1.807) is 6.20 Å². The summed E-state index contributed by atoms with van der Waals surface area (Å²) in [6.45, 7) is 6.96. The van der Waals surface area contributed by atoms with Gasteiger partial charge in [-0.25, -0.2) is 0 Å². The van der Waals surface area contributed by atoms with Gasteiger partial charge in [0.05, 0.1) is 12.8 Å². The Kier molecular flexibility index (Phi) is 5.63. The molecule has 1 rings (SSSR count). The van der Waals surface area contributed by atoms with Crippen LogP contribution in [-0.4, -0.2) is 22.6 Å². The SMILES string of the molecule is CCOc1cncc(C(N)CSC(C)C)c1. The highest BCUT2D eigenvalue weighted by Crippen LogP contribution is 2.21. The summed E-state index contributed by atoms with van der Waals surface area (Å²) in [6, 6.07) is 2.00. The molecule has 0 saturated carbocycles. The summed E-state index contributed by atoms with van der Waals surface area (Å²) in [5.74, 6) is 1.71. The molecule has 0 fully saturated rings. The molecule has 4 heteroatoms. The maximum atomic E-state index is 6.09. The molecule has 0 aromatic carbocycles. The molecule has 1 unspecified atom stereocenters. The van der Waals surface area contributed by atoms with Gasteiger partial charge in [0.15, 0.2) is 0 Å². The molecule has 90 valence electrons. The van der Waals surface area contributed by atoms with Crippen molar-refractivity contribution in [3.63, 3.8) is 0 Å². The molecule has 0 amide bonds. The molecule has 1 aromatic rings. The van der Waals surface area contributed by atoms with Gasteiger partial charge in [0, 0.05) is 18.0 Å². The third kappa shape index (κ3) is 4.41. The van der Waals surface area contributed by atoms with Gasteiger partial charge >= 0.3 is 0 Å². The highest BCUT2D eigenvalue weighted by atomic mass is 32.2. The zero-order chi connectivity index (χ0) is 12.0. The van der Waals surface area contributed by atoms with Crippen molar-refractivity contribution in [1.29, 1.82) is 0 Å². The van der Waals surface area contributed by atoms with Crippen molar-refractivity contribution in [1.82, 2.24) is 4.98 Å². The van der Waals surface area contributed by atoms with Gasteiger partial charge in [-0.3, -0.25) is 4.98 Å². The second kappa shape index (κ2) is 6.76. The highest BCUT2D eigenvalue weighted by molar-refractivity contribution is 7.99. The molecule has 0 radical (unpaired) electrons. The Morgan fingerprint density at radius 3 is 2.81 bits per heavy atom. The summed E-state index contributed by atoms with van der Waals surface area (Å²) in [6.07, 6.45) is 3.53. The first kappa shape index (κ1) is 13.3. The van der Waals surface area contributed by atoms with E-state index in [9.17, 15) is 0 Å². The molecule has 0 bridgehead atoms. The topological polar surface area (TPSA) is 48.1 Å². The lowest BCUT2D eigenvalue weighted by atomic mass is 10.1. The molecule has 3 nitrogen and oxygen atoms in total. The molecule has 1 atom stereocenters. The lowest BCUT2D eigenvalue weighted by molar-refractivity contribution is 0.338. The number of aromatic nitrogens is 1. The predicted octanol–water partition coefficient (Wildman–Crippen LogP) is 2.62. The van der Waals surface area contributed by atoms with Crippen LogP contribution in [0, 0.1) is 0 Å². The average molecular weight is 240 g/mol. The smallest absolute Gasteiger partial charge is 0.137 e. The first-order valence-electron chi connectivity index (χ1n) is 5.58. The summed E-state index contributed by atoms with van der Waals surface area (Å²) in [5.41, 5.74) is 7.13. The fraction of sp³-hybridized carbons (Fsp3) is 0.583. The lowest BCUT2D eigenvalue weighted by Crippen LogP contribution is -2.14. The van der Waals surface area contributed by atoms with Crippen molar-refractivity contribution >= 4 is 11.8 Å². The average Bonchev–Trinajstić information content (AvgIpc) is 2.26. The molecule has 0 spiro atoms. The Labute approximate surface area is 102 Å². The molecule has 1 aromatic heterocycles. The summed E-state index contributed by atoms with van der Waals surface area (Å²) in [7, 11) is 0. The quantitative estimate of drug-likeness (QED) is 0.830. The molecular weight excluding hydrogens is 220 g/mol. The molecule has 16 heavy (non-hydrogen) atoms. The first-order valence-corrected chi connectivity index (χ1v) is 6.63. The zero-order valence-electron chi connectivity index (χ0n) is 10.1. The largest absolute Gasteiger partial charge is 0.492 e. The van der Waals surface area contributed by atoms with Crippen LogP contribution >= 0.6 is 11.8 Å². The maximum absolute atomic E-state index is 6.09. The second-order valence-corrected chi connectivity index (χ2v) is 5.49. The normalized spacial score (nSPS) is 12.8. The van der Waals surface area contributed by atoms with E-state index in [4.69, 9.17) is 10.5 Å². The van der Waals surface area contributed by atoms with E-state index in [-0.39, 0.29) is 6.04 Å². The van der Waals surface area contributed by atoms with Crippen molar-refractivity contribution in [2.75, 3.05) is 12.4 Å². The molecule has 1 heterocycles. The number of nitrogens with two attached hydrogens (primary N) is 1. The van der Waals surface area contributed by atoms with Gasteiger partial charge in [-0.2, -0.15) is 11.8 Å². The predicted molar refractivity (Wildman–Crippen MR) is 69.9 cm³/mol. The van der Waals surface area contributed by atoms with E-state index in [2.05, 4.69) is 18.8 Å². The van der Waals surface area contributed by atoms with Crippen molar-refractivity contribution < 1.29 is 4.74 Å². The Bertz CT molecular complexity index is 318. The van der Waals surface area contributed by atoms with Crippen LogP contribution in [0.1, 0.15) is 32.4 Å². The van der Waals surface area contributed by atoms with Crippen LogP contribution in [0.25, 0.3) is 0 Å². The molecule has 0 aliphatic rings. The number of rotatable bonds is 6. The number of pyridine rings is 1. The van der Waals surface area contributed by atoms with Crippen LogP contribution in [0.3, 0.4) is 0 Å². The zero-order valence-corrected chi connectivity index (χ0v) is 11.0. The van der Waals surface area contributed by atoms with Gasteiger partial charge in [-0.1, -0.05) is 13.8 Å². The van der Waals surface area contributed by atoms with Crippen molar-refractivity contribution in [3.8, 4) is 5.75 Å². The molecule has 0 aliphatic carbocycles. The van der Waals surface area contributed by atoms with Gasteiger partial charge < -0.3 is 10.5 Å². The first-order chi connectivity index (χ1) is 7.63. The van der Waals surface area contributed by atoms with E-state index in [1.165, 1.54) is 0 Å². The summed E-state index contributed by atoms with van der Waals surface area (Å²) in [4.78, 5) is 4.14. The van der Waals surface area contributed by atoms with Crippen molar-refractivity contribution in [2.45, 2.75) is 32.1 Å². The Balaban J connectivity index is 2.60. The van der Waals surface area contributed by atoms with Gasteiger partial charge in [0.2, 0.25) is 0 Å². The number of thioether (sulfide) groups is 1.